The summed E-state index contributed by atoms with van der Waals surface area (Å²) in [5.41, 5.74) is 2.31. The van der Waals surface area contributed by atoms with Gasteiger partial charge in [0.25, 0.3) is 0 Å². The van der Waals surface area contributed by atoms with E-state index in [9.17, 15) is 4.79 Å². The molecule has 0 fully saturated rings. The van der Waals surface area contributed by atoms with Gasteiger partial charge < -0.3 is 14.2 Å². The molecule has 2 aromatic rings. The molecule has 1 heterocycles. The number of amides is 1. The van der Waals surface area contributed by atoms with Crippen molar-refractivity contribution < 1.29 is 9.21 Å². The van der Waals surface area contributed by atoms with Gasteiger partial charge >= 0.3 is 0 Å². The van der Waals surface area contributed by atoms with Crippen LogP contribution in [0.2, 0.25) is 0 Å². The van der Waals surface area contributed by atoms with Crippen molar-refractivity contribution in [3.8, 4) is 0 Å². The molecule has 0 N–H and O–H groups in total. The van der Waals surface area contributed by atoms with E-state index < -0.39 is 0 Å². The van der Waals surface area contributed by atoms with Gasteiger partial charge in [-0.05, 0) is 36.2 Å². The Hall–Kier alpha value is -2.23. The third-order valence-electron chi connectivity index (χ3n) is 5.60. The summed E-state index contributed by atoms with van der Waals surface area (Å²) in [7, 11) is 4.07. The Kier molecular flexibility index (Phi) is 11.1. The second kappa shape index (κ2) is 13.9. The minimum absolute atomic E-state index is 0.214. The highest BCUT2D eigenvalue weighted by Crippen LogP contribution is 2.17. The SMILES string of the molecule is CCCCCCCCCCCC(=O)N(Cc1ccc(N(C)C)cc1)Cc1ccco1. The van der Waals surface area contributed by atoms with E-state index in [1.165, 1.54) is 44.9 Å². The summed E-state index contributed by atoms with van der Waals surface area (Å²) in [6.45, 7) is 3.40. The smallest absolute Gasteiger partial charge is 0.223 e. The lowest BCUT2D eigenvalue weighted by molar-refractivity contribution is -0.132. The van der Waals surface area contributed by atoms with Crippen molar-refractivity contribution in [2.75, 3.05) is 19.0 Å². The van der Waals surface area contributed by atoms with Crippen molar-refractivity contribution in [3.63, 3.8) is 0 Å². The number of hydrogen-bond acceptors (Lipinski definition) is 3. The molecule has 0 spiro atoms. The number of hydrogen-bond donors (Lipinski definition) is 0. The zero-order valence-electron chi connectivity index (χ0n) is 19.2. The average Bonchev–Trinajstić information content (AvgIpc) is 3.25. The first-order valence-corrected chi connectivity index (χ1v) is 11.7. The second-order valence-electron chi connectivity index (χ2n) is 8.47. The molecule has 2 rings (SSSR count). The van der Waals surface area contributed by atoms with E-state index >= 15 is 0 Å². The van der Waals surface area contributed by atoms with E-state index in [2.05, 4.69) is 36.1 Å². The first-order valence-electron chi connectivity index (χ1n) is 11.7. The summed E-state index contributed by atoms with van der Waals surface area (Å²) >= 11 is 0. The van der Waals surface area contributed by atoms with Gasteiger partial charge in [0.1, 0.15) is 5.76 Å². The van der Waals surface area contributed by atoms with Gasteiger partial charge in [0, 0.05) is 32.7 Å². The van der Waals surface area contributed by atoms with Gasteiger partial charge in [0.15, 0.2) is 0 Å². The van der Waals surface area contributed by atoms with Crippen LogP contribution in [0.25, 0.3) is 0 Å². The summed E-state index contributed by atoms with van der Waals surface area (Å²) in [6, 6.07) is 12.2. The Morgan fingerprint density at radius 2 is 1.47 bits per heavy atom. The molecule has 0 radical (unpaired) electrons. The first kappa shape index (κ1) is 24.0. The molecular weight excluding hydrogens is 372 g/mol. The standard InChI is InChI=1S/C26H40N2O2/c1-4-5-6-7-8-9-10-11-12-15-26(29)28(22-25-14-13-20-30-25)21-23-16-18-24(19-17-23)27(2)3/h13-14,16-20H,4-12,15,21-22H2,1-3H3. The fourth-order valence-electron chi connectivity index (χ4n) is 3.69. The maximum atomic E-state index is 12.9. The molecule has 4 nitrogen and oxygen atoms in total. The van der Waals surface area contributed by atoms with Crippen LogP contribution in [0.15, 0.2) is 47.1 Å². The first-order chi connectivity index (χ1) is 14.6. The van der Waals surface area contributed by atoms with Crippen LogP contribution >= 0.6 is 0 Å². The highest BCUT2D eigenvalue weighted by molar-refractivity contribution is 5.76. The third kappa shape index (κ3) is 9.06. The molecule has 1 amide bonds. The lowest BCUT2D eigenvalue weighted by atomic mass is 10.1. The molecule has 0 aliphatic heterocycles. The number of furan rings is 1. The van der Waals surface area contributed by atoms with Crippen LogP contribution in [-0.2, 0) is 17.9 Å². The van der Waals surface area contributed by atoms with Crippen molar-refractivity contribution in [1.82, 2.24) is 4.90 Å². The molecule has 1 aromatic carbocycles. The van der Waals surface area contributed by atoms with E-state index in [0.717, 1.165) is 29.9 Å². The van der Waals surface area contributed by atoms with Gasteiger partial charge in [0.2, 0.25) is 5.91 Å². The Morgan fingerprint density at radius 1 is 0.833 bits per heavy atom. The van der Waals surface area contributed by atoms with E-state index in [-0.39, 0.29) is 5.91 Å². The minimum atomic E-state index is 0.214. The molecule has 0 saturated heterocycles. The van der Waals surface area contributed by atoms with Crippen LogP contribution < -0.4 is 4.90 Å². The van der Waals surface area contributed by atoms with E-state index in [1.807, 2.05) is 31.1 Å². The molecule has 0 bridgehead atoms. The molecule has 1 aromatic heterocycles. The number of benzene rings is 1. The fraction of sp³-hybridized carbons (Fsp3) is 0.577. The van der Waals surface area contributed by atoms with Crippen LogP contribution in [0.1, 0.15) is 82.5 Å². The molecule has 166 valence electrons. The number of rotatable bonds is 15. The lowest BCUT2D eigenvalue weighted by Crippen LogP contribution is -2.29. The predicted octanol–water partition coefficient (Wildman–Crippen LogP) is 6.80. The average molecular weight is 413 g/mol. The Morgan fingerprint density at radius 3 is 2.03 bits per heavy atom. The van der Waals surface area contributed by atoms with Crippen LogP contribution in [0.3, 0.4) is 0 Å². The van der Waals surface area contributed by atoms with Gasteiger partial charge in [-0.3, -0.25) is 4.79 Å². The van der Waals surface area contributed by atoms with Gasteiger partial charge in [0.05, 0.1) is 12.8 Å². The number of carbonyl (C=O) groups is 1. The van der Waals surface area contributed by atoms with Crippen LogP contribution in [0, 0.1) is 0 Å². The van der Waals surface area contributed by atoms with Gasteiger partial charge in [-0.25, -0.2) is 0 Å². The van der Waals surface area contributed by atoms with E-state index in [0.29, 0.717) is 19.5 Å². The molecule has 4 heteroatoms. The maximum absolute atomic E-state index is 12.9. The van der Waals surface area contributed by atoms with Crippen molar-refractivity contribution in [3.05, 3.63) is 54.0 Å². The van der Waals surface area contributed by atoms with E-state index in [1.54, 1.807) is 6.26 Å². The monoisotopic (exact) mass is 412 g/mol. The third-order valence-corrected chi connectivity index (χ3v) is 5.60. The van der Waals surface area contributed by atoms with Crippen LogP contribution in [-0.4, -0.2) is 24.9 Å². The van der Waals surface area contributed by atoms with Crippen molar-refractivity contribution in [2.24, 2.45) is 0 Å². The van der Waals surface area contributed by atoms with Gasteiger partial charge in [-0.15, -0.1) is 0 Å². The summed E-state index contributed by atoms with van der Waals surface area (Å²) < 4.78 is 5.50. The minimum Gasteiger partial charge on any atom is -0.467 e. The molecule has 0 saturated carbocycles. The molecule has 30 heavy (non-hydrogen) atoms. The number of anilines is 1. The van der Waals surface area contributed by atoms with Crippen molar-refractivity contribution >= 4 is 11.6 Å². The van der Waals surface area contributed by atoms with Crippen molar-refractivity contribution in [1.29, 1.82) is 0 Å². The van der Waals surface area contributed by atoms with Crippen LogP contribution in [0.5, 0.6) is 0 Å². The van der Waals surface area contributed by atoms with E-state index in [4.69, 9.17) is 4.42 Å². The zero-order valence-corrected chi connectivity index (χ0v) is 19.2. The zero-order chi connectivity index (χ0) is 21.6. The molecular formula is C26H40N2O2. The lowest BCUT2D eigenvalue weighted by Gasteiger charge is -2.22. The van der Waals surface area contributed by atoms with Crippen LogP contribution in [0.4, 0.5) is 5.69 Å². The normalized spacial score (nSPS) is 10.9. The van der Waals surface area contributed by atoms with Crippen molar-refractivity contribution in [2.45, 2.75) is 84.2 Å². The number of unbranched alkanes of at least 4 members (excludes halogenated alkanes) is 8. The Balaban J connectivity index is 1.79. The summed E-state index contributed by atoms with van der Waals surface area (Å²) in [5, 5.41) is 0. The van der Waals surface area contributed by atoms with Gasteiger partial charge in [-0.2, -0.15) is 0 Å². The predicted molar refractivity (Wildman–Crippen MR) is 126 cm³/mol. The maximum Gasteiger partial charge on any atom is 0.223 e. The topological polar surface area (TPSA) is 36.7 Å². The summed E-state index contributed by atoms with van der Waals surface area (Å²) in [6.07, 6.45) is 13.7. The second-order valence-corrected chi connectivity index (χ2v) is 8.47. The summed E-state index contributed by atoms with van der Waals surface area (Å²) in [5.74, 6) is 1.05. The molecule has 0 unspecified atom stereocenters. The molecule has 0 aliphatic rings. The summed E-state index contributed by atoms with van der Waals surface area (Å²) in [4.78, 5) is 16.9. The number of nitrogens with zero attached hydrogens (tertiary/aromatic N) is 2. The highest BCUT2D eigenvalue weighted by atomic mass is 16.3. The highest BCUT2D eigenvalue weighted by Gasteiger charge is 2.16. The van der Waals surface area contributed by atoms with Gasteiger partial charge in [-0.1, -0.05) is 70.4 Å². The molecule has 0 atom stereocenters. The largest absolute Gasteiger partial charge is 0.467 e. The molecule has 0 aliphatic carbocycles. The quantitative estimate of drug-likeness (QED) is 0.302. The Labute approximate surface area is 183 Å². The number of carbonyl (C=O) groups excluding carboxylic acids is 1. The Bertz CT molecular complexity index is 692. The fourth-order valence-corrected chi connectivity index (χ4v) is 3.69.